The van der Waals surface area contributed by atoms with Gasteiger partial charge in [-0.1, -0.05) is 18.2 Å². The summed E-state index contributed by atoms with van der Waals surface area (Å²) >= 11 is 0. The van der Waals surface area contributed by atoms with Crippen molar-refractivity contribution in [2.45, 2.75) is 12.5 Å². The molecule has 1 atom stereocenters. The summed E-state index contributed by atoms with van der Waals surface area (Å²) in [6.45, 7) is 1.00. The Balaban J connectivity index is 2.29. The van der Waals surface area contributed by atoms with E-state index in [1.807, 2.05) is 18.2 Å². The molecule has 1 aromatic carbocycles. The Kier molecular flexibility index (Phi) is 3.09. The Bertz CT molecular complexity index is 314. The van der Waals surface area contributed by atoms with Gasteiger partial charge in [-0.25, -0.2) is 0 Å². The molecule has 1 aliphatic heterocycles. The maximum atomic E-state index is 9.54. The highest BCUT2D eigenvalue weighted by molar-refractivity contribution is 6.78. The van der Waals surface area contributed by atoms with Crippen molar-refractivity contribution in [3.8, 4) is 0 Å². The molecule has 15 heavy (non-hydrogen) atoms. The van der Waals surface area contributed by atoms with Crippen molar-refractivity contribution in [1.82, 2.24) is 0 Å². The predicted octanol–water partition coefficient (Wildman–Crippen LogP) is 1.52. The molecule has 0 saturated carbocycles. The van der Waals surface area contributed by atoms with Crippen LogP contribution in [0.4, 0.5) is 5.69 Å². The summed E-state index contributed by atoms with van der Waals surface area (Å²) in [7, 11) is -0.336. The van der Waals surface area contributed by atoms with Crippen LogP contribution in [0.3, 0.4) is 0 Å². The number of benzene rings is 1. The van der Waals surface area contributed by atoms with Crippen LogP contribution in [-0.4, -0.2) is 33.5 Å². The maximum Gasteiger partial charge on any atom is 0.326 e. The van der Waals surface area contributed by atoms with Crippen molar-refractivity contribution >= 4 is 14.2 Å². The molecule has 82 valence electrons. The van der Waals surface area contributed by atoms with Crippen molar-refractivity contribution in [3.05, 3.63) is 30.3 Å². The van der Waals surface area contributed by atoms with Gasteiger partial charge >= 0.3 is 8.48 Å². The van der Waals surface area contributed by atoms with Crippen LogP contribution < -0.4 is 4.57 Å². The number of nitrogens with zero attached hydrogens (tertiary/aromatic N) is 1. The first-order valence-corrected chi connectivity index (χ1v) is 7.58. The minimum atomic E-state index is -2.06. The first kappa shape index (κ1) is 10.7. The molecule has 0 spiro atoms. The Labute approximate surface area is 91.5 Å². The van der Waals surface area contributed by atoms with Crippen LogP contribution in [0.15, 0.2) is 30.3 Å². The van der Waals surface area contributed by atoms with E-state index in [1.54, 1.807) is 7.11 Å². The van der Waals surface area contributed by atoms with E-state index in [-0.39, 0.29) is 6.23 Å². The summed E-state index contributed by atoms with van der Waals surface area (Å²) in [6, 6.07) is 11.3. The highest BCUT2D eigenvalue weighted by Gasteiger charge is 2.45. The third-order valence-electron chi connectivity index (χ3n) is 3.14. The molecule has 1 aliphatic rings. The standard InChI is InChI=1S/C11H17NO2Si/c1-14-15(10-13)9-5-8-12(15)11-6-3-2-4-7-11/h2-4,6-7,13H,5,8-10H2,1H3. The van der Waals surface area contributed by atoms with Gasteiger partial charge in [0.25, 0.3) is 0 Å². The van der Waals surface area contributed by atoms with E-state index in [1.165, 1.54) is 5.69 Å². The highest BCUT2D eigenvalue weighted by atomic mass is 28.4. The van der Waals surface area contributed by atoms with Crippen molar-refractivity contribution < 1.29 is 9.53 Å². The minimum absolute atomic E-state index is 0.179. The van der Waals surface area contributed by atoms with E-state index in [9.17, 15) is 5.11 Å². The first-order valence-electron chi connectivity index (χ1n) is 5.31. The predicted molar refractivity (Wildman–Crippen MR) is 63.1 cm³/mol. The molecule has 0 bridgehead atoms. The van der Waals surface area contributed by atoms with Gasteiger partial charge in [-0.05, 0) is 24.6 Å². The van der Waals surface area contributed by atoms with Gasteiger partial charge in [0.2, 0.25) is 0 Å². The van der Waals surface area contributed by atoms with Gasteiger partial charge in [0.05, 0.1) is 6.23 Å². The minimum Gasteiger partial charge on any atom is -0.401 e. The van der Waals surface area contributed by atoms with Crippen LogP contribution in [0.25, 0.3) is 0 Å². The molecule has 1 N–H and O–H groups in total. The molecular weight excluding hydrogens is 206 g/mol. The van der Waals surface area contributed by atoms with Gasteiger partial charge in [0.15, 0.2) is 0 Å². The second-order valence-corrected chi connectivity index (χ2v) is 7.56. The monoisotopic (exact) mass is 223 g/mol. The Morgan fingerprint density at radius 1 is 1.40 bits per heavy atom. The lowest BCUT2D eigenvalue weighted by molar-refractivity contribution is 0.299. The van der Waals surface area contributed by atoms with Crippen LogP contribution in [-0.2, 0) is 4.43 Å². The lowest BCUT2D eigenvalue weighted by Crippen LogP contribution is -2.55. The molecule has 2 rings (SSSR count). The number of hydrogen-bond acceptors (Lipinski definition) is 3. The van der Waals surface area contributed by atoms with Crippen LogP contribution >= 0.6 is 0 Å². The molecular formula is C11H17NO2Si. The lowest BCUT2D eigenvalue weighted by atomic mass is 10.3. The largest absolute Gasteiger partial charge is 0.401 e. The zero-order valence-electron chi connectivity index (χ0n) is 9.02. The first-order chi connectivity index (χ1) is 7.32. The van der Waals surface area contributed by atoms with E-state index < -0.39 is 8.48 Å². The zero-order valence-corrected chi connectivity index (χ0v) is 10.0. The average Bonchev–Trinajstić information content (AvgIpc) is 2.74. The lowest BCUT2D eigenvalue weighted by Gasteiger charge is -2.34. The quantitative estimate of drug-likeness (QED) is 0.789. The summed E-state index contributed by atoms with van der Waals surface area (Å²) in [4.78, 5) is 0. The Morgan fingerprint density at radius 2 is 2.13 bits per heavy atom. The number of hydrogen-bond donors (Lipinski definition) is 1. The normalized spacial score (nSPS) is 25.9. The van der Waals surface area contributed by atoms with Crippen LogP contribution in [0.5, 0.6) is 0 Å². The molecule has 0 aliphatic carbocycles. The fourth-order valence-corrected chi connectivity index (χ4v) is 5.31. The van der Waals surface area contributed by atoms with Crippen LogP contribution in [0, 0.1) is 0 Å². The van der Waals surface area contributed by atoms with Gasteiger partial charge in [-0.15, -0.1) is 0 Å². The summed E-state index contributed by atoms with van der Waals surface area (Å²) in [5, 5.41) is 9.54. The van der Waals surface area contributed by atoms with Gasteiger partial charge in [-0.3, -0.25) is 0 Å². The van der Waals surface area contributed by atoms with Gasteiger partial charge in [0.1, 0.15) is 0 Å². The van der Waals surface area contributed by atoms with Crippen molar-refractivity contribution in [2.75, 3.05) is 24.5 Å². The Morgan fingerprint density at radius 3 is 2.73 bits per heavy atom. The fourth-order valence-electron chi connectivity index (χ4n) is 2.27. The number of rotatable bonds is 3. The number of aliphatic hydroxyl groups is 1. The number of anilines is 1. The topological polar surface area (TPSA) is 32.7 Å². The fraction of sp³-hybridized carbons (Fsp3) is 0.455. The average molecular weight is 223 g/mol. The van der Waals surface area contributed by atoms with E-state index in [0.717, 1.165) is 19.0 Å². The molecule has 0 amide bonds. The number of aliphatic hydroxyl groups excluding tert-OH is 1. The van der Waals surface area contributed by atoms with Crippen LogP contribution in [0.1, 0.15) is 6.42 Å². The van der Waals surface area contributed by atoms with Crippen molar-refractivity contribution in [2.24, 2.45) is 0 Å². The second kappa shape index (κ2) is 4.34. The van der Waals surface area contributed by atoms with Crippen LogP contribution in [0.2, 0.25) is 6.04 Å². The smallest absolute Gasteiger partial charge is 0.326 e. The summed E-state index contributed by atoms with van der Waals surface area (Å²) in [5.41, 5.74) is 1.18. The van der Waals surface area contributed by atoms with E-state index in [4.69, 9.17) is 4.43 Å². The Hall–Kier alpha value is -0.843. The third-order valence-corrected chi connectivity index (χ3v) is 6.99. The van der Waals surface area contributed by atoms with Crippen molar-refractivity contribution in [3.63, 3.8) is 0 Å². The molecule has 4 heteroatoms. The molecule has 0 aromatic heterocycles. The third kappa shape index (κ3) is 1.80. The summed E-state index contributed by atoms with van der Waals surface area (Å²) in [6.07, 6.45) is 1.30. The molecule has 1 aromatic rings. The zero-order chi connectivity index (χ0) is 10.7. The maximum absolute atomic E-state index is 9.54. The van der Waals surface area contributed by atoms with E-state index in [2.05, 4.69) is 16.7 Å². The molecule has 3 nitrogen and oxygen atoms in total. The molecule has 1 fully saturated rings. The molecule has 1 saturated heterocycles. The van der Waals surface area contributed by atoms with Gasteiger partial charge in [-0.2, -0.15) is 0 Å². The molecule has 1 unspecified atom stereocenters. The second-order valence-electron chi connectivity index (χ2n) is 3.90. The molecule has 1 heterocycles. The van der Waals surface area contributed by atoms with Crippen molar-refractivity contribution in [1.29, 1.82) is 0 Å². The van der Waals surface area contributed by atoms with E-state index >= 15 is 0 Å². The van der Waals surface area contributed by atoms with Gasteiger partial charge < -0.3 is 14.1 Å². The number of para-hydroxylation sites is 1. The summed E-state index contributed by atoms with van der Waals surface area (Å²) < 4.78 is 7.91. The van der Waals surface area contributed by atoms with E-state index in [0.29, 0.717) is 0 Å². The SMILES string of the molecule is CO[Si]1(CO)CCCN1c1ccccc1. The van der Waals surface area contributed by atoms with Gasteiger partial charge in [0, 0.05) is 19.3 Å². The highest BCUT2D eigenvalue weighted by Crippen LogP contribution is 2.31. The molecule has 0 radical (unpaired) electrons. The summed E-state index contributed by atoms with van der Waals surface area (Å²) in [5.74, 6) is 0.